The molecule has 1 heterocycles. The lowest BCUT2D eigenvalue weighted by molar-refractivity contribution is -0.120. The lowest BCUT2D eigenvalue weighted by atomic mass is 10.2. The highest BCUT2D eigenvalue weighted by molar-refractivity contribution is 5.75. The van der Waals surface area contributed by atoms with Gasteiger partial charge >= 0.3 is 6.09 Å². The molecule has 0 spiro atoms. The molecule has 0 atom stereocenters. The van der Waals surface area contributed by atoms with Crippen molar-refractivity contribution in [3.05, 3.63) is 0 Å². The average Bonchev–Trinajstić information content (AvgIpc) is 2.33. The standard InChI is InChI=1S/C6H11NO.C3H7NO2/c8-6-4-2-1-3-5-7-6;1-2-6-3(4)5/h1-5H2,(H,7,8);2H2,1H3,(H2,4,5). The third kappa shape index (κ3) is 8.83. The number of nitrogens with one attached hydrogen (secondary N) is 1. The van der Waals surface area contributed by atoms with Crippen molar-refractivity contribution in [1.29, 1.82) is 0 Å². The van der Waals surface area contributed by atoms with Crippen molar-refractivity contribution in [2.75, 3.05) is 13.2 Å². The van der Waals surface area contributed by atoms with Crippen molar-refractivity contribution >= 4 is 12.0 Å². The van der Waals surface area contributed by atoms with E-state index in [1.54, 1.807) is 6.92 Å². The van der Waals surface area contributed by atoms with Crippen LogP contribution in [0.4, 0.5) is 4.79 Å². The minimum absolute atomic E-state index is 0.225. The summed E-state index contributed by atoms with van der Waals surface area (Å²) < 4.78 is 4.18. The maximum atomic E-state index is 10.6. The summed E-state index contributed by atoms with van der Waals surface area (Å²) >= 11 is 0. The Kier molecular flexibility index (Phi) is 7.59. The number of carbonyl (C=O) groups is 2. The van der Waals surface area contributed by atoms with Crippen molar-refractivity contribution in [3.63, 3.8) is 0 Å². The van der Waals surface area contributed by atoms with Crippen LogP contribution in [-0.4, -0.2) is 25.2 Å². The van der Waals surface area contributed by atoms with Crippen LogP contribution >= 0.6 is 0 Å². The summed E-state index contributed by atoms with van der Waals surface area (Å²) in [4.78, 5) is 20.2. The minimum Gasteiger partial charge on any atom is -0.450 e. The van der Waals surface area contributed by atoms with Gasteiger partial charge in [-0.2, -0.15) is 0 Å². The Labute approximate surface area is 84.0 Å². The maximum absolute atomic E-state index is 10.6. The molecule has 5 heteroatoms. The van der Waals surface area contributed by atoms with Crippen LogP contribution in [0.15, 0.2) is 0 Å². The number of hydrogen-bond acceptors (Lipinski definition) is 3. The number of amides is 2. The van der Waals surface area contributed by atoms with Gasteiger partial charge in [0.15, 0.2) is 0 Å². The SMILES string of the molecule is CCOC(N)=O.O=C1CCCCCN1. The molecule has 0 aliphatic carbocycles. The maximum Gasteiger partial charge on any atom is 0.404 e. The van der Waals surface area contributed by atoms with Gasteiger partial charge in [-0.1, -0.05) is 6.42 Å². The number of rotatable bonds is 1. The van der Waals surface area contributed by atoms with Crippen molar-refractivity contribution < 1.29 is 14.3 Å². The van der Waals surface area contributed by atoms with Crippen LogP contribution in [0.1, 0.15) is 32.6 Å². The summed E-state index contributed by atoms with van der Waals surface area (Å²) in [6.07, 6.45) is 3.47. The third-order valence-electron chi connectivity index (χ3n) is 1.69. The second kappa shape index (κ2) is 8.34. The number of ether oxygens (including phenoxy) is 1. The zero-order valence-corrected chi connectivity index (χ0v) is 8.54. The predicted molar refractivity (Wildman–Crippen MR) is 52.7 cm³/mol. The zero-order chi connectivity index (χ0) is 10.8. The highest BCUT2D eigenvalue weighted by Crippen LogP contribution is 2.02. The van der Waals surface area contributed by atoms with Gasteiger partial charge < -0.3 is 15.8 Å². The Bertz CT molecular complexity index is 173. The molecule has 3 N–H and O–H groups in total. The van der Waals surface area contributed by atoms with Crippen molar-refractivity contribution in [2.45, 2.75) is 32.6 Å². The van der Waals surface area contributed by atoms with E-state index in [-0.39, 0.29) is 5.91 Å². The van der Waals surface area contributed by atoms with E-state index >= 15 is 0 Å². The molecule has 1 fully saturated rings. The van der Waals surface area contributed by atoms with Crippen molar-refractivity contribution in [3.8, 4) is 0 Å². The Morgan fingerprint density at radius 2 is 2.21 bits per heavy atom. The van der Waals surface area contributed by atoms with Gasteiger partial charge in [-0.15, -0.1) is 0 Å². The molecule has 0 aromatic heterocycles. The fraction of sp³-hybridized carbons (Fsp3) is 0.778. The van der Waals surface area contributed by atoms with Gasteiger partial charge in [0.05, 0.1) is 6.61 Å². The topological polar surface area (TPSA) is 81.4 Å². The molecule has 82 valence electrons. The second-order valence-electron chi connectivity index (χ2n) is 2.91. The Morgan fingerprint density at radius 3 is 2.71 bits per heavy atom. The minimum atomic E-state index is -0.711. The van der Waals surface area contributed by atoms with Gasteiger partial charge in [-0.25, -0.2) is 4.79 Å². The summed E-state index contributed by atoms with van der Waals surface area (Å²) in [5, 5.41) is 2.81. The van der Waals surface area contributed by atoms with Crippen LogP contribution in [0.2, 0.25) is 0 Å². The first-order valence-electron chi connectivity index (χ1n) is 4.85. The Balaban J connectivity index is 0.000000255. The summed E-state index contributed by atoms with van der Waals surface area (Å²) in [6.45, 7) is 2.94. The Morgan fingerprint density at radius 1 is 1.50 bits per heavy atom. The van der Waals surface area contributed by atoms with E-state index in [4.69, 9.17) is 0 Å². The first-order chi connectivity index (χ1) is 6.66. The van der Waals surface area contributed by atoms with Crippen molar-refractivity contribution in [1.82, 2.24) is 5.32 Å². The van der Waals surface area contributed by atoms with Gasteiger partial charge in [0.25, 0.3) is 0 Å². The molecule has 5 nitrogen and oxygen atoms in total. The summed E-state index contributed by atoms with van der Waals surface area (Å²) in [5.41, 5.74) is 4.54. The van der Waals surface area contributed by atoms with E-state index < -0.39 is 6.09 Å². The highest BCUT2D eigenvalue weighted by atomic mass is 16.5. The second-order valence-corrected chi connectivity index (χ2v) is 2.91. The van der Waals surface area contributed by atoms with Crippen LogP contribution < -0.4 is 11.1 Å². The highest BCUT2D eigenvalue weighted by Gasteiger charge is 2.03. The molecule has 1 aliphatic rings. The van der Waals surface area contributed by atoms with Gasteiger partial charge in [-0.05, 0) is 19.8 Å². The van der Waals surface area contributed by atoms with E-state index in [2.05, 4.69) is 15.8 Å². The normalized spacial score (nSPS) is 15.6. The first-order valence-corrected chi connectivity index (χ1v) is 4.85. The number of carbonyl (C=O) groups excluding carboxylic acids is 2. The molecule has 1 aliphatic heterocycles. The fourth-order valence-corrected chi connectivity index (χ4v) is 1.05. The lowest BCUT2D eigenvalue weighted by Gasteiger charge is -1.93. The molecule has 0 aromatic rings. The quantitative estimate of drug-likeness (QED) is 0.659. The van der Waals surface area contributed by atoms with Gasteiger partial charge in [0, 0.05) is 13.0 Å². The molecule has 1 saturated heterocycles. The number of nitrogens with two attached hydrogens (primary N) is 1. The average molecular weight is 202 g/mol. The first kappa shape index (κ1) is 12.7. The van der Waals surface area contributed by atoms with Gasteiger partial charge in [-0.3, -0.25) is 4.79 Å². The van der Waals surface area contributed by atoms with Crippen LogP contribution in [0.25, 0.3) is 0 Å². The third-order valence-corrected chi connectivity index (χ3v) is 1.69. The van der Waals surface area contributed by atoms with E-state index in [1.165, 1.54) is 6.42 Å². The Hall–Kier alpha value is -1.26. The predicted octanol–water partition coefficient (Wildman–Crippen LogP) is 0.778. The monoisotopic (exact) mass is 202 g/mol. The molecule has 0 aromatic carbocycles. The molecular weight excluding hydrogens is 184 g/mol. The summed E-state index contributed by atoms with van der Waals surface area (Å²) in [7, 11) is 0. The fourth-order valence-electron chi connectivity index (χ4n) is 1.05. The van der Waals surface area contributed by atoms with E-state index in [9.17, 15) is 9.59 Å². The molecule has 0 saturated carbocycles. The number of hydrogen-bond donors (Lipinski definition) is 2. The van der Waals surface area contributed by atoms with E-state index in [1.807, 2.05) is 0 Å². The van der Waals surface area contributed by atoms with Crippen LogP contribution in [0, 0.1) is 0 Å². The largest absolute Gasteiger partial charge is 0.450 e. The van der Waals surface area contributed by atoms with Crippen LogP contribution in [0.5, 0.6) is 0 Å². The van der Waals surface area contributed by atoms with Crippen LogP contribution in [-0.2, 0) is 9.53 Å². The number of primary amides is 1. The lowest BCUT2D eigenvalue weighted by Crippen LogP contribution is -2.21. The molecule has 2 amide bonds. The van der Waals surface area contributed by atoms with Gasteiger partial charge in [0.1, 0.15) is 0 Å². The van der Waals surface area contributed by atoms with E-state index in [0.29, 0.717) is 6.61 Å². The molecule has 0 radical (unpaired) electrons. The smallest absolute Gasteiger partial charge is 0.404 e. The van der Waals surface area contributed by atoms with Gasteiger partial charge in [0.2, 0.25) is 5.91 Å². The molecular formula is C9H18N2O3. The van der Waals surface area contributed by atoms with E-state index in [0.717, 1.165) is 25.8 Å². The van der Waals surface area contributed by atoms with Crippen molar-refractivity contribution in [2.24, 2.45) is 5.73 Å². The molecule has 0 unspecified atom stereocenters. The molecule has 1 rings (SSSR count). The summed E-state index contributed by atoms with van der Waals surface area (Å²) in [6, 6.07) is 0. The van der Waals surface area contributed by atoms with Crippen LogP contribution in [0.3, 0.4) is 0 Å². The zero-order valence-electron chi connectivity index (χ0n) is 8.54. The summed E-state index contributed by atoms with van der Waals surface area (Å²) in [5.74, 6) is 0.225. The molecule has 14 heavy (non-hydrogen) atoms. The molecule has 0 bridgehead atoms.